The fourth-order valence-corrected chi connectivity index (χ4v) is 4.21. The highest BCUT2D eigenvalue weighted by atomic mass is 15.8. The van der Waals surface area contributed by atoms with Gasteiger partial charge in [-0.05, 0) is 37.1 Å². The maximum atomic E-state index is 5.11. The van der Waals surface area contributed by atoms with Crippen molar-refractivity contribution in [1.82, 2.24) is 10.3 Å². The van der Waals surface area contributed by atoms with E-state index in [0.717, 1.165) is 35.9 Å². The van der Waals surface area contributed by atoms with Crippen molar-refractivity contribution in [2.45, 2.75) is 25.6 Å². The Morgan fingerprint density at radius 2 is 1.23 bits per heavy atom. The van der Waals surface area contributed by atoms with Gasteiger partial charge in [0.1, 0.15) is 0 Å². The first-order valence-electron chi connectivity index (χ1n) is 10.7. The van der Waals surface area contributed by atoms with Crippen LogP contribution in [0.4, 0.5) is 11.4 Å². The smallest absolute Gasteiger partial charge is 0.199 e. The second kappa shape index (κ2) is 8.59. The van der Waals surface area contributed by atoms with Crippen molar-refractivity contribution in [1.29, 1.82) is 0 Å². The van der Waals surface area contributed by atoms with E-state index < -0.39 is 0 Å². The minimum absolute atomic E-state index is 0.0393. The Bertz CT molecular complexity index is 968. The van der Waals surface area contributed by atoms with E-state index >= 15 is 0 Å². The van der Waals surface area contributed by atoms with Crippen molar-refractivity contribution in [2.24, 2.45) is 5.10 Å². The van der Waals surface area contributed by atoms with Crippen molar-refractivity contribution in [3.05, 3.63) is 96.6 Å². The second-order valence-corrected chi connectivity index (χ2v) is 7.76. The number of hydrazine groups is 1. The molecular formula is C25H27N5. The van der Waals surface area contributed by atoms with Crippen LogP contribution in [0.3, 0.4) is 0 Å². The Labute approximate surface area is 178 Å². The molecule has 0 amide bonds. The van der Waals surface area contributed by atoms with E-state index in [4.69, 9.17) is 5.10 Å². The lowest BCUT2D eigenvalue weighted by atomic mass is 10.1. The largest absolute Gasteiger partial charge is 0.277 e. The molecule has 2 aliphatic heterocycles. The molecule has 2 aliphatic rings. The monoisotopic (exact) mass is 397 g/mol. The van der Waals surface area contributed by atoms with Gasteiger partial charge < -0.3 is 0 Å². The molecule has 1 N–H and O–H groups in total. The number of likely N-dealkylation sites (tertiary alicyclic amines) is 1. The molecule has 0 bridgehead atoms. The molecule has 1 atom stereocenters. The van der Waals surface area contributed by atoms with Gasteiger partial charge in [0, 0.05) is 18.7 Å². The lowest BCUT2D eigenvalue weighted by molar-refractivity contribution is 0.145. The summed E-state index contributed by atoms with van der Waals surface area (Å²) in [7, 11) is 0. The van der Waals surface area contributed by atoms with Gasteiger partial charge in [0.25, 0.3) is 0 Å². The van der Waals surface area contributed by atoms with Crippen LogP contribution in [-0.4, -0.2) is 30.1 Å². The van der Waals surface area contributed by atoms with Crippen molar-refractivity contribution < 1.29 is 0 Å². The summed E-state index contributed by atoms with van der Waals surface area (Å²) in [6.07, 6.45) is 3.70. The van der Waals surface area contributed by atoms with Crippen LogP contribution in [0.25, 0.3) is 0 Å². The molecule has 0 spiro atoms. The molecule has 0 saturated carbocycles. The number of hydrogen-bond donors (Lipinski definition) is 1. The fraction of sp³-hybridized carbons (Fsp3) is 0.240. The third kappa shape index (κ3) is 3.76. The number of amidine groups is 1. The molecule has 2 heterocycles. The summed E-state index contributed by atoms with van der Waals surface area (Å²) in [6.45, 7) is 2.13. The van der Waals surface area contributed by atoms with Gasteiger partial charge in [-0.3, -0.25) is 10.3 Å². The first-order valence-corrected chi connectivity index (χ1v) is 10.7. The minimum atomic E-state index is -0.0393. The predicted molar refractivity (Wildman–Crippen MR) is 123 cm³/mol. The summed E-state index contributed by atoms with van der Waals surface area (Å²) in [6, 6.07) is 31.4. The average molecular weight is 398 g/mol. The van der Waals surface area contributed by atoms with E-state index in [1.165, 1.54) is 19.3 Å². The average Bonchev–Trinajstić information content (AvgIpc) is 2.85. The van der Waals surface area contributed by atoms with Crippen LogP contribution in [0.15, 0.2) is 96.1 Å². The topological polar surface area (TPSA) is 34.1 Å². The fourth-order valence-electron chi connectivity index (χ4n) is 4.21. The molecule has 5 heteroatoms. The molecule has 1 fully saturated rings. The van der Waals surface area contributed by atoms with Crippen LogP contribution in [0, 0.1) is 0 Å². The van der Waals surface area contributed by atoms with E-state index in [1.807, 2.05) is 6.07 Å². The van der Waals surface area contributed by atoms with Gasteiger partial charge in [0.05, 0.1) is 11.4 Å². The van der Waals surface area contributed by atoms with E-state index in [1.54, 1.807) is 0 Å². The standard InChI is InChI=1S/C25H27N5/c1-5-13-21(14-6-1)24-26-29(22-15-7-2-8-16-22)25(28-19-11-4-12-20-28)30(27-24)23-17-9-3-10-18-23/h1-3,5-10,13-18,25H,4,11-12,19-20H2,(H,26,27). The Balaban J connectivity index is 1.63. The Kier molecular flexibility index (Phi) is 5.36. The SMILES string of the molecule is c1ccc(C2=NN(c3ccccc3)C(N3CCCCC3)N(c3ccccc3)N2)cc1. The van der Waals surface area contributed by atoms with Crippen molar-refractivity contribution in [3.8, 4) is 0 Å². The van der Waals surface area contributed by atoms with Crippen LogP contribution in [0.2, 0.25) is 0 Å². The van der Waals surface area contributed by atoms with Crippen LogP contribution >= 0.6 is 0 Å². The summed E-state index contributed by atoms with van der Waals surface area (Å²) in [4.78, 5) is 2.53. The summed E-state index contributed by atoms with van der Waals surface area (Å²) in [5.74, 6) is 0.844. The quantitative estimate of drug-likeness (QED) is 0.695. The summed E-state index contributed by atoms with van der Waals surface area (Å²) >= 11 is 0. The lowest BCUT2D eigenvalue weighted by Gasteiger charge is -2.49. The van der Waals surface area contributed by atoms with Crippen molar-refractivity contribution >= 4 is 17.2 Å². The zero-order valence-electron chi connectivity index (χ0n) is 17.1. The van der Waals surface area contributed by atoms with Crippen LogP contribution in [-0.2, 0) is 0 Å². The molecular weight excluding hydrogens is 370 g/mol. The number of hydrazone groups is 1. The summed E-state index contributed by atoms with van der Waals surface area (Å²) < 4.78 is 0. The summed E-state index contributed by atoms with van der Waals surface area (Å²) in [5, 5.41) is 9.53. The van der Waals surface area contributed by atoms with E-state index in [2.05, 4.69) is 105 Å². The molecule has 1 saturated heterocycles. The molecule has 3 aromatic carbocycles. The second-order valence-electron chi connectivity index (χ2n) is 7.76. The Morgan fingerprint density at radius 1 is 0.667 bits per heavy atom. The van der Waals surface area contributed by atoms with Crippen LogP contribution in [0.5, 0.6) is 0 Å². The highest BCUT2D eigenvalue weighted by Crippen LogP contribution is 2.29. The number of nitrogens with one attached hydrogen (secondary N) is 1. The van der Waals surface area contributed by atoms with Crippen LogP contribution in [0.1, 0.15) is 24.8 Å². The number of rotatable bonds is 4. The molecule has 1 unspecified atom stereocenters. The predicted octanol–water partition coefficient (Wildman–Crippen LogP) is 4.65. The van der Waals surface area contributed by atoms with Gasteiger partial charge >= 0.3 is 0 Å². The number of nitrogens with zero attached hydrogens (tertiary/aromatic N) is 4. The third-order valence-electron chi connectivity index (χ3n) is 5.70. The highest BCUT2D eigenvalue weighted by Gasteiger charge is 2.37. The van der Waals surface area contributed by atoms with Gasteiger partial charge in [-0.2, -0.15) is 0 Å². The Hall–Kier alpha value is -3.31. The first-order chi connectivity index (χ1) is 14.9. The number of hydrogen-bond acceptors (Lipinski definition) is 5. The van der Waals surface area contributed by atoms with Crippen molar-refractivity contribution in [3.63, 3.8) is 0 Å². The third-order valence-corrected chi connectivity index (χ3v) is 5.70. The zero-order valence-corrected chi connectivity index (χ0v) is 17.1. The van der Waals surface area contributed by atoms with Gasteiger partial charge in [-0.25, -0.2) is 10.0 Å². The van der Waals surface area contributed by atoms with Crippen molar-refractivity contribution in [2.75, 3.05) is 23.1 Å². The van der Waals surface area contributed by atoms with Crippen LogP contribution < -0.4 is 15.4 Å². The van der Waals surface area contributed by atoms with Gasteiger partial charge in [0.15, 0.2) is 12.1 Å². The van der Waals surface area contributed by atoms with Gasteiger partial charge in [-0.15, -0.1) is 5.10 Å². The van der Waals surface area contributed by atoms with E-state index in [9.17, 15) is 0 Å². The normalized spacial score (nSPS) is 19.9. The molecule has 30 heavy (non-hydrogen) atoms. The first kappa shape index (κ1) is 18.7. The molecule has 152 valence electrons. The number of anilines is 2. The minimum Gasteiger partial charge on any atom is -0.277 e. The maximum Gasteiger partial charge on any atom is 0.199 e. The van der Waals surface area contributed by atoms with E-state index in [-0.39, 0.29) is 6.29 Å². The lowest BCUT2D eigenvalue weighted by Crippen LogP contribution is -2.67. The molecule has 5 nitrogen and oxygen atoms in total. The summed E-state index contributed by atoms with van der Waals surface area (Å²) in [5.41, 5.74) is 6.91. The molecule has 5 rings (SSSR count). The molecule has 0 aromatic heterocycles. The maximum absolute atomic E-state index is 5.11. The molecule has 3 aromatic rings. The molecule has 0 radical (unpaired) electrons. The zero-order chi connectivity index (χ0) is 20.2. The van der Waals surface area contributed by atoms with E-state index in [0.29, 0.717) is 0 Å². The van der Waals surface area contributed by atoms with Gasteiger partial charge in [-0.1, -0.05) is 73.2 Å². The number of benzene rings is 3. The number of piperidine rings is 1. The molecule has 0 aliphatic carbocycles. The van der Waals surface area contributed by atoms with Gasteiger partial charge in [0.2, 0.25) is 0 Å². The Morgan fingerprint density at radius 3 is 1.87 bits per heavy atom. The number of para-hydroxylation sites is 2. The highest BCUT2D eigenvalue weighted by molar-refractivity contribution is 6.01.